The molecule has 8 heteroatoms. The summed E-state index contributed by atoms with van der Waals surface area (Å²) in [6.07, 6.45) is 3.93. The van der Waals surface area contributed by atoms with Gasteiger partial charge in [-0.15, -0.1) is 11.6 Å². The third kappa shape index (κ3) is 6.88. The molecule has 1 rings (SSSR count). The molecular weight excluding hydrogens is 351 g/mol. The average Bonchev–Trinajstić information content (AvgIpc) is 2.36. The van der Waals surface area contributed by atoms with Crippen LogP contribution < -0.4 is 29.6 Å². The standard InChI is InChI=1S/C15H23ClO5S.Na/c1-5-6-7-11(16)14(17)21-13-10(2)8-15(3,4)9-12(13)22(18,19)20;/h9,11H,5-8H2,1-4H3,(H,18,19,20);/q;+1/p-1. The SMILES string of the molecule is CCCCC(Cl)C(=O)OC1=C(C)CC(C)(C)C=C1S(=O)(=O)[O-].[Na+]. The maximum Gasteiger partial charge on any atom is 1.00 e. The molecule has 5 nitrogen and oxygen atoms in total. The number of hydrogen-bond acceptors (Lipinski definition) is 5. The summed E-state index contributed by atoms with van der Waals surface area (Å²) in [6, 6.07) is 0. The Labute approximate surface area is 165 Å². The van der Waals surface area contributed by atoms with Crippen LogP contribution in [0.2, 0.25) is 0 Å². The van der Waals surface area contributed by atoms with Gasteiger partial charge in [0.05, 0.1) is 4.91 Å². The summed E-state index contributed by atoms with van der Waals surface area (Å²) in [4.78, 5) is 11.5. The molecule has 0 spiro atoms. The molecule has 0 N–H and O–H groups in total. The topological polar surface area (TPSA) is 83.5 Å². The van der Waals surface area contributed by atoms with Crippen LogP contribution in [0.15, 0.2) is 22.3 Å². The van der Waals surface area contributed by atoms with Gasteiger partial charge in [-0.05, 0) is 30.8 Å². The van der Waals surface area contributed by atoms with Gasteiger partial charge in [0.25, 0.3) is 0 Å². The van der Waals surface area contributed by atoms with Crippen LogP contribution in [0.1, 0.15) is 53.4 Å². The molecule has 0 aromatic carbocycles. The number of allylic oxidation sites excluding steroid dienone is 2. The van der Waals surface area contributed by atoms with Crippen LogP contribution in [0.4, 0.5) is 0 Å². The Balaban J connectivity index is 0.00000484. The molecule has 1 aliphatic rings. The van der Waals surface area contributed by atoms with E-state index in [9.17, 15) is 17.8 Å². The molecule has 0 aliphatic heterocycles. The van der Waals surface area contributed by atoms with Gasteiger partial charge < -0.3 is 9.29 Å². The number of unbranched alkanes of at least 4 members (excludes halogenated alkanes) is 1. The van der Waals surface area contributed by atoms with E-state index in [1.165, 1.54) is 6.08 Å². The predicted molar refractivity (Wildman–Crippen MR) is 84.1 cm³/mol. The van der Waals surface area contributed by atoms with E-state index in [0.717, 1.165) is 12.8 Å². The van der Waals surface area contributed by atoms with Crippen LogP contribution in [0.3, 0.4) is 0 Å². The molecule has 23 heavy (non-hydrogen) atoms. The van der Waals surface area contributed by atoms with E-state index in [4.69, 9.17) is 16.3 Å². The Morgan fingerprint density at radius 3 is 2.52 bits per heavy atom. The van der Waals surface area contributed by atoms with Gasteiger partial charge in [0, 0.05) is 0 Å². The zero-order valence-corrected chi connectivity index (χ0v) is 17.9. The quantitative estimate of drug-likeness (QED) is 0.293. The third-order valence-electron chi connectivity index (χ3n) is 3.39. The van der Waals surface area contributed by atoms with Gasteiger partial charge in [0.2, 0.25) is 0 Å². The number of carbonyl (C=O) groups is 1. The predicted octanol–water partition coefficient (Wildman–Crippen LogP) is 0.464. The zero-order chi connectivity index (χ0) is 17.1. The monoisotopic (exact) mass is 372 g/mol. The van der Waals surface area contributed by atoms with Gasteiger partial charge in [-0.2, -0.15) is 0 Å². The molecule has 0 aromatic rings. The number of esters is 1. The smallest absolute Gasteiger partial charge is 0.744 e. The van der Waals surface area contributed by atoms with Gasteiger partial charge in [-0.1, -0.05) is 39.7 Å². The van der Waals surface area contributed by atoms with Crippen molar-refractivity contribution in [3.8, 4) is 0 Å². The second-order valence-electron chi connectivity index (χ2n) is 6.27. The van der Waals surface area contributed by atoms with Gasteiger partial charge in [-0.25, -0.2) is 8.42 Å². The van der Waals surface area contributed by atoms with E-state index < -0.39 is 31.8 Å². The fraction of sp³-hybridized carbons (Fsp3) is 0.667. The Kier molecular flexibility index (Phi) is 9.08. The van der Waals surface area contributed by atoms with Crippen LogP contribution in [0, 0.1) is 5.41 Å². The first-order valence-electron chi connectivity index (χ1n) is 7.22. The minimum atomic E-state index is -4.73. The van der Waals surface area contributed by atoms with Gasteiger partial charge >= 0.3 is 35.5 Å². The fourth-order valence-electron chi connectivity index (χ4n) is 2.43. The van der Waals surface area contributed by atoms with Gasteiger partial charge in [0.15, 0.2) is 0 Å². The van der Waals surface area contributed by atoms with Crippen LogP contribution in [-0.4, -0.2) is 24.3 Å². The Morgan fingerprint density at radius 1 is 1.48 bits per heavy atom. The number of carbonyl (C=O) groups excluding carboxylic acids is 1. The maximum absolute atomic E-state index is 12.0. The first kappa shape index (κ1) is 23.1. The number of halogens is 1. The van der Waals surface area contributed by atoms with Crippen molar-refractivity contribution >= 4 is 27.7 Å². The summed E-state index contributed by atoms with van der Waals surface area (Å²) in [7, 11) is -4.73. The van der Waals surface area contributed by atoms with Crippen molar-refractivity contribution in [2.24, 2.45) is 5.41 Å². The Bertz CT molecular complexity index is 607. The van der Waals surface area contributed by atoms with Crippen LogP contribution in [0.5, 0.6) is 0 Å². The van der Waals surface area contributed by atoms with E-state index in [1.807, 2.05) is 20.8 Å². The molecule has 1 atom stereocenters. The first-order chi connectivity index (χ1) is 9.98. The second kappa shape index (κ2) is 9.02. The van der Waals surface area contributed by atoms with Crippen molar-refractivity contribution in [1.29, 1.82) is 0 Å². The molecule has 0 bridgehead atoms. The van der Waals surface area contributed by atoms with Crippen LogP contribution >= 0.6 is 11.6 Å². The van der Waals surface area contributed by atoms with Crippen LogP contribution in [0.25, 0.3) is 0 Å². The average molecular weight is 373 g/mol. The molecule has 0 saturated carbocycles. The summed E-state index contributed by atoms with van der Waals surface area (Å²) in [5.74, 6) is -0.889. The largest absolute Gasteiger partial charge is 1.00 e. The van der Waals surface area contributed by atoms with Crippen molar-refractivity contribution in [3.05, 3.63) is 22.3 Å². The minimum Gasteiger partial charge on any atom is -0.744 e. The summed E-state index contributed by atoms with van der Waals surface area (Å²) in [5.41, 5.74) is 0.0599. The zero-order valence-electron chi connectivity index (χ0n) is 14.3. The van der Waals surface area contributed by atoms with Crippen LogP contribution in [-0.2, 0) is 19.6 Å². The molecule has 126 valence electrons. The number of ether oxygens (including phenoxy) is 1. The number of hydrogen-bond donors (Lipinski definition) is 0. The maximum atomic E-state index is 12.0. The molecule has 0 aromatic heterocycles. The number of rotatable bonds is 6. The Hall–Kier alpha value is 0.150. The molecule has 0 saturated heterocycles. The van der Waals surface area contributed by atoms with E-state index in [-0.39, 0.29) is 35.3 Å². The third-order valence-corrected chi connectivity index (χ3v) is 4.63. The molecular formula is C15H22ClNaO5S. The van der Waals surface area contributed by atoms with E-state index in [1.54, 1.807) is 6.92 Å². The van der Waals surface area contributed by atoms with Gasteiger partial charge in [-0.3, -0.25) is 4.79 Å². The minimum absolute atomic E-state index is 0. The Morgan fingerprint density at radius 2 is 2.04 bits per heavy atom. The normalized spacial score (nSPS) is 18.8. The summed E-state index contributed by atoms with van der Waals surface area (Å²) in [5, 5.41) is -0.856. The van der Waals surface area contributed by atoms with Crippen molar-refractivity contribution in [2.75, 3.05) is 0 Å². The fourth-order valence-corrected chi connectivity index (χ4v) is 3.54. The molecule has 0 heterocycles. The van der Waals surface area contributed by atoms with E-state index >= 15 is 0 Å². The van der Waals surface area contributed by atoms with Crippen molar-refractivity contribution < 1.29 is 52.1 Å². The summed E-state index contributed by atoms with van der Waals surface area (Å²) in [6.45, 7) is 7.24. The molecule has 1 unspecified atom stereocenters. The molecule has 0 fully saturated rings. The van der Waals surface area contributed by atoms with E-state index in [2.05, 4.69) is 0 Å². The van der Waals surface area contributed by atoms with Crippen molar-refractivity contribution in [2.45, 2.75) is 58.8 Å². The van der Waals surface area contributed by atoms with E-state index in [0.29, 0.717) is 18.4 Å². The van der Waals surface area contributed by atoms with Crippen molar-refractivity contribution in [3.63, 3.8) is 0 Å². The number of alkyl halides is 1. The van der Waals surface area contributed by atoms with Crippen molar-refractivity contribution in [1.82, 2.24) is 0 Å². The van der Waals surface area contributed by atoms with Gasteiger partial charge in [0.1, 0.15) is 21.3 Å². The summed E-state index contributed by atoms with van der Waals surface area (Å²) >= 11 is 5.95. The molecule has 0 amide bonds. The second-order valence-corrected chi connectivity index (χ2v) is 8.14. The first-order valence-corrected chi connectivity index (χ1v) is 9.07. The summed E-state index contributed by atoms with van der Waals surface area (Å²) < 4.78 is 39.6. The molecule has 1 aliphatic carbocycles. The molecule has 0 radical (unpaired) electrons.